The molecule has 1 aliphatic rings. The minimum atomic E-state index is -0.293. The lowest BCUT2D eigenvalue weighted by Crippen LogP contribution is -2.23. The van der Waals surface area contributed by atoms with Gasteiger partial charge in [0.1, 0.15) is 5.75 Å². The molecule has 0 bridgehead atoms. The summed E-state index contributed by atoms with van der Waals surface area (Å²) in [5.74, 6) is 0.857. The third kappa shape index (κ3) is 4.51. The quantitative estimate of drug-likeness (QED) is 0.681. The van der Waals surface area contributed by atoms with E-state index in [1.165, 1.54) is 39.0 Å². The summed E-state index contributed by atoms with van der Waals surface area (Å²) in [6, 6.07) is 7.66. The highest BCUT2D eigenvalue weighted by Gasteiger charge is 2.22. The van der Waals surface area contributed by atoms with Crippen LogP contribution in [0.15, 0.2) is 24.3 Å². The molecule has 106 valence electrons. The van der Waals surface area contributed by atoms with Gasteiger partial charge in [0.25, 0.3) is 0 Å². The first kappa shape index (κ1) is 16.0. The maximum Gasteiger partial charge on any atom is 0.308 e. The van der Waals surface area contributed by atoms with Gasteiger partial charge in [-0.1, -0.05) is 31.4 Å². The van der Waals surface area contributed by atoms with Gasteiger partial charge in [0.2, 0.25) is 0 Å². The Morgan fingerprint density at radius 2 is 2.00 bits per heavy atom. The number of ether oxygens (including phenoxy) is 1. The zero-order valence-corrected chi connectivity index (χ0v) is 12.1. The van der Waals surface area contributed by atoms with Gasteiger partial charge in [-0.05, 0) is 36.5 Å². The summed E-state index contributed by atoms with van der Waals surface area (Å²) in [4.78, 5) is 10.9. The standard InChI is InChI=1S/C15H21NO2.ClH/c1-11(17)18-14-9-5-8-13(10-14)15(16)12-6-3-2-4-7-12;/h5,8-10,12,15H,2-4,6-7,16H2,1H3;1H/t15-;/m0./s1. The van der Waals surface area contributed by atoms with Crippen molar-refractivity contribution in [3.05, 3.63) is 29.8 Å². The molecular weight excluding hydrogens is 262 g/mol. The Labute approximate surface area is 120 Å². The molecule has 0 radical (unpaired) electrons. The second-order valence-corrected chi connectivity index (χ2v) is 5.09. The average Bonchev–Trinajstić information content (AvgIpc) is 2.38. The number of carbonyl (C=O) groups is 1. The van der Waals surface area contributed by atoms with E-state index in [0.29, 0.717) is 11.7 Å². The number of hydrogen-bond acceptors (Lipinski definition) is 3. The number of carbonyl (C=O) groups excluding carboxylic acids is 1. The van der Waals surface area contributed by atoms with Crippen LogP contribution in [-0.4, -0.2) is 5.97 Å². The van der Waals surface area contributed by atoms with Gasteiger partial charge in [-0.2, -0.15) is 0 Å². The van der Waals surface area contributed by atoms with E-state index in [-0.39, 0.29) is 24.4 Å². The Morgan fingerprint density at radius 1 is 1.32 bits per heavy atom. The molecule has 1 aromatic carbocycles. The first-order valence-corrected chi connectivity index (χ1v) is 6.71. The first-order chi connectivity index (χ1) is 8.66. The molecule has 0 aromatic heterocycles. The number of hydrogen-bond donors (Lipinski definition) is 1. The van der Waals surface area contributed by atoms with Crippen LogP contribution in [0.4, 0.5) is 0 Å². The number of nitrogens with two attached hydrogens (primary N) is 1. The molecule has 0 saturated heterocycles. The molecule has 19 heavy (non-hydrogen) atoms. The van der Waals surface area contributed by atoms with Crippen molar-refractivity contribution in [2.75, 3.05) is 0 Å². The zero-order chi connectivity index (χ0) is 13.0. The highest BCUT2D eigenvalue weighted by Crippen LogP contribution is 2.33. The minimum Gasteiger partial charge on any atom is -0.427 e. The van der Waals surface area contributed by atoms with Crippen LogP contribution in [0.3, 0.4) is 0 Å². The van der Waals surface area contributed by atoms with Crippen LogP contribution >= 0.6 is 12.4 Å². The molecule has 1 aliphatic carbocycles. The van der Waals surface area contributed by atoms with Gasteiger partial charge in [0, 0.05) is 13.0 Å². The fourth-order valence-electron chi connectivity index (χ4n) is 2.72. The maximum absolute atomic E-state index is 10.9. The van der Waals surface area contributed by atoms with E-state index >= 15 is 0 Å². The molecule has 1 fully saturated rings. The molecule has 2 rings (SSSR count). The molecule has 0 spiro atoms. The van der Waals surface area contributed by atoms with E-state index in [1.807, 2.05) is 18.2 Å². The lowest BCUT2D eigenvalue weighted by Gasteiger charge is -2.27. The summed E-state index contributed by atoms with van der Waals surface area (Å²) in [6.07, 6.45) is 6.30. The van der Waals surface area contributed by atoms with Crippen molar-refractivity contribution in [1.82, 2.24) is 0 Å². The van der Waals surface area contributed by atoms with Crippen molar-refractivity contribution in [3.8, 4) is 5.75 Å². The maximum atomic E-state index is 10.9. The van der Waals surface area contributed by atoms with E-state index in [4.69, 9.17) is 10.5 Å². The second kappa shape index (κ2) is 7.51. The Balaban J connectivity index is 0.00000180. The minimum absolute atomic E-state index is 0. The Kier molecular flexibility index (Phi) is 6.32. The van der Waals surface area contributed by atoms with Gasteiger partial charge in [0.05, 0.1) is 0 Å². The van der Waals surface area contributed by atoms with E-state index in [9.17, 15) is 4.79 Å². The van der Waals surface area contributed by atoms with Crippen molar-refractivity contribution in [3.63, 3.8) is 0 Å². The van der Waals surface area contributed by atoms with Crippen LogP contribution in [0.25, 0.3) is 0 Å². The molecule has 1 aromatic rings. The fourth-order valence-corrected chi connectivity index (χ4v) is 2.72. The number of rotatable bonds is 3. The van der Waals surface area contributed by atoms with Crippen LogP contribution in [-0.2, 0) is 4.79 Å². The summed E-state index contributed by atoms with van der Waals surface area (Å²) in [6.45, 7) is 1.41. The van der Waals surface area contributed by atoms with E-state index in [1.54, 1.807) is 6.07 Å². The van der Waals surface area contributed by atoms with Crippen molar-refractivity contribution in [2.24, 2.45) is 11.7 Å². The Morgan fingerprint density at radius 3 is 2.63 bits per heavy atom. The van der Waals surface area contributed by atoms with Crippen molar-refractivity contribution >= 4 is 18.4 Å². The molecule has 0 unspecified atom stereocenters. The molecule has 0 amide bonds. The van der Waals surface area contributed by atoms with E-state index in [0.717, 1.165) is 5.56 Å². The van der Waals surface area contributed by atoms with Gasteiger partial charge in [-0.3, -0.25) is 4.79 Å². The average molecular weight is 284 g/mol. The van der Waals surface area contributed by atoms with Gasteiger partial charge in [-0.25, -0.2) is 0 Å². The molecule has 1 saturated carbocycles. The SMILES string of the molecule is CC(=O)Oc1cccc([C@@H](N)C2CCCCC2)c1.Cl. The summed E-state index contributed by atoms with van der Waals surface area (Å²) in [7, 11) is 0. The first-order valence-electron chi connectivity index (χ1n) is 6.71. The highest BCUT2D eigenvalue weighted by molar-refractivity contribution is 5.85. The number of halogens is 1. The molecule has 2 N–H and O–H groups in total. The van der Waals surface area contributed by atoms with Gasteiger partial charge in [0.15, 0.2) is 0 Å². The van der Waals surface area contributed by atoms with E-state index < -0.39 is 0 Å². The lowest BCUT2D eigenvalue weighted by atomic mass is 9.81. The molecule has 0 heterocycles. The van der Waals surface area contributed by atoms with Crippen LogP contribution < -0.4 is 10.5 Å². The second-order valence-electron chi connectivity index (χ2n) is 5.09. The number of benzene rings is 1. The Bertz CT molecular complexity index is 416. The molecule has 1 atom stereocenters. The molecule has 4 heteroatoms. The normalized spacial score (nSPS) is 17.4. The van der Waals surface area contributed by atoms with Crippen molar-refractivity contribution in [1.29, 1.82) is 0 Å². The van der Waals surface area contributed by atoms with Gasteiger partial charge >= 0.3 is 5.97 Å². The predicted octanol–water partition coefficient (Wildman–Crippen LogP) is 3.61. The van der Waals surface area contributed by atoms with Crippen molar-refractivity contribution in [2.45, 2.75) is 45.1 Å². The van der Waals surface area contributed by atoms with Crippen molar-refractivity contribution < 1.29 is 9.53 Å². The smallest absolute Gasteiger partial charge is 0.308 e. The third-order valence-corrected chi connectivity index (χ3v) is 3.66. The predicted molar refractivity (Wildman–Crippen MR) is 78.5 cm³/mol. The van der Waals surface area contributed by atoms with E-state index in [2.05, 4.69) is 0 Å². The third-order valence-electron chi connectivity index (χ3n) is 3.66. The summed E-state index contributed by atoms with van der Waals surface area (Å²) in [5.41, 5.74) is 7.40. The monoisotopic (exact) mass is 283 g/mol. The van der Waals surface area contributed by atoms with Crippen LogP contribution in [0.2, 0.25) is 0 Å². The molecule has 0 aliphatic heterocycles. The summed E-state index contributed by atoms with van der Waals surface area (Å²) >= 11 is 0. The highest BCUT2D eigenvalue weighted by atomic mass is 35.5. The Hall–Kier alpha value is -1.06. The molecule has 3 nitrogen and oxygen atoms in total. The fraction of sp³-hybridized carbons (Fsp3) is 0.533. The topological polar surface area (TPSA) is 52.3 Å². The zero-order valence-electron chi connectivity index (χ0n) is 11.3. The molecular formula is C15H22ClNO2. The number of esters is 1. The summed E-state index contributed by atoms with van der Waals surface area (Å²) < 4.78 is 5.10. The summed E-state index contributed by atoms with van der Waals surface area (Å²) in [5, 5.41) is 0. The van der Waals surface area contributed by atoms with Crippen LogP contribution in [0.1, 0.15) is 50.6 Å². The van der Waals surface area contributed by atoms with Crippen LogP contribution in [0.5, 0.6) is 5.75 Å². The van der Waals surface area contributed by atoms with Crippen LogP contribution in [0, 0.1) is 5.92 Å². The largest absolute Gasteiger partial charge is 0.427 e. The lowest BCUT2D eigenvalue weighted by molar-refractivity contribution is -0.131. The van der Waals surface area contributed by atoms with Gasteiger partial charge in [-0.15, -0.1) is 12.4 Å². The van der Waals surface area contributed by atoms with Gasteiger partial charge < -0.3 is 10.5 Å².